The highest BCUT2D eigenvalue weighted by Gasteiger charge is 2.16. The maximum Gasteiger partial charge on any atom is 0.128 e. The van der Waals surface area contributed by atoms with Gasteiger partial charge in [-0.1, -0.05) is 100 Å². The van der Waals surface area contributed by atoms with Crippen molar-refractivity contribution < 1.29 is 0 Å². The van der Waals surface area contributed by atoms with Crippen molar-refractivity contribution in [3.63, 3.8) is 0 Å². The zero-order valence-electron chi connectivity index (χ0n) is 23.9. The molecule has 0 saturated heterocycles. The van der Waals surface area contributed by atoms with E-state index in [0.717, 1.165) is 31.9 Å². The highest BCUT2D eigenvalue weighted by atomic mass is 15.0. The molecule has 0 aromatic heterocycles. The fourth-order valence-electron chi connectivity index (χ4n) is 4.77. The number of nitrogens with zero attached hydrogens (tertiary/aromatic N) is 1. The van der Waals surface area contributed by atoms with Gasteiger partial charge >= 0.3 is 0 Å². The first-order chi connectivity index (χ1) is 18.1. The first kappa shape index (κ1) is 30.9. The third kappa shape index (κ3) is 14.9. The van der Waals surface area contributed by atoms with E-state index in [-0.39, 0.29) is 0 Å². The van der Waals surface area contributed by atoms with E-state index >= 15 is 0 Å². The van der Waals surface area contributed by atoms with Crippen LogP contribution in [0.1, 0.15) is 102 Å². The third-order valence-corrected chi connectivity index (χ3v) is 6.98. The Labute approximate surface area is 228 Å². The quantitative estimate of drug-likeness (QED) is 0.204. The molecule has 0 fully saturated rings. The Kier molecular flexibility index (Phi) is 16.5. The van der Waals surface area contributed by atoms with Crippen molar-refractivity contribution in [1.82, 2.24) is 10.6 Å². The van der Waals surface area contributed by atoms with Crippen LogP contribution in [-0.4, -0.2) is 32.0 Å². The number of hydrogen-bond donors (Lipinski definition) is 3. The number of benzene rings is 1. The van der Waals surface area contributed by atoms with Crippen LogP contribution >= 0.6 is 0 Å². The van der Waals surface area contributed by atoms with Gasteiger partial charge in [-0.25, -0.2) is 0 Å². The van der Waals surface area contributed by atoms with Crippen LogP contribution in [0.3, 0.4) is 0 Å². The summed E-state index contributed by atoms with van der Waals surface area (Å²) >= 11 is 0. The number of nitrogens with one attached hydrogen (secondary N) is 2. The molecule has 4 nitrogen and oxygen atoms in total. The number of aliphatic imine (C=N–C) groups is 1. The number of unbranched alkanes of at least 4 members (excludes halogenated alkanes) is 6. The van der Waals surface area contributed by atoms with E-state index in [9.17, 15) is 0 Å². The van der Waals surface area contributed by atoms with Crippen molar-refractivity contribution in [2.24, 2.45) is 16.6 Å². The van der Waals surface area contributed by atoms with Gasteiger partial charge in [0.15, 0.2) is 0 Å². The number of nitrogens with two attached hydrogens (primary N) is 1. The van der Waals surface area contributed by atoms with Gasteiger partial charge < -0.3 is 16.4 Å². The molecule has 2 aliphatic rings. The van der Waals surface area contributed by atoms with Gasteiger partial charge in [-0.2, -0.15) is 0 Å². The standard InChI is InChI=1S/C30H47N3.C3H7N/c1-2-3-4-5-6-7-11-22-31-23-12-15-27-18-20-29(21-19-27)30-32-24-28(25-33-30)17-16-26-13-9-8-10-14-26;1-3(2)4/h9,13-14,18-21,28,31H,2-8,10-12,15-17,22-25H2,1H3,(H,32,33);1,4H2,2H3. The molecule has 0 radical (unpaired) electrons. The molecular weight excluding hydrogens is 452 g/mol. The summed E-state index contributed by atoms with van der Waals surface area (Å²) in [5.74, 6) is 1.73. The lowest BCUT2D eigenvalue weighted by molar-refractivity contribution is 0.472. The lowest BCUT2D eigenvalue weighted by Crippen LogP contribution is -2.36. The van der Waals surface area contributed by atoms with E-state index in [0.29, 0.717) is 11.6 Å². The Bertz CT molecular complexity index is 830. The van der Waals surface area contributed by atoms with Crippen LogP contribution in [0.5, 0.6) is 0 Å². The zero-order chi connectivity index (χ0) is 26.6. The van der Waals surface area contributed by atoms with Gasteiger partial charge in [-0.05, 0) is 82.1 Å². The number of allylic oxidation sites excluding steroid dienone is 5. The van der Waals surface area contributed by atoms with E-state index in [4.69, 9.17) is 10.7 Å². The minimum atomic E-state index is 0.651. The topological polar surface area (TPSA) is 62.4 Å². The first-order valence-corrected chi connectivity index (χ1v) is 14.9. The summed E-state index contributed by atoms with van der Waals surface area (Å²) in [5.41, 5.74) is 9.76. The van der Waals surface area contributed by atoms with Crippen molar-refractivity contribution in [1.29, 1.82) is 0 Å². The van der Waals surface area contributed by atoms with Crippen molar-refractivity contribution in [3.05, 3.63) is 71.5 Å². The van der Waals surface area contributed by atoms with Crippen molar-refractivity contribution in [3.8, 4) is 0 Å². The largest absolute Gasteiger partial charge is 0.403 e. The second-order valence-corrected chi connectivity index (χ2v) is 10.8. The van der Waals surface area contributed by atoms with Crippen LogP contribution in [-0.2, 0) is 6.42 Å². The first-order valence-electron chi connectivity index (χ1n) is 14.9. The lowest BCUT2D eigenvalue weighted by Gasteiger charge is -2.23. The molecule has 1 aromatic carbocycles. The molecule has 1 aliphatic carbocycles. The van der Waals surface area contributed by atoms with Gasteiger partial charge in [-0.3, -0.25) is 4.99 Å². The lowest BCUT2D eigenvalue weighted by atomic mass is 9.95. The summed E-state index contributed by atoms with van der Waals surface area (Å²) in [4.78, 5) is 4.86. The van der Waals surface area contributed by atoms with E-state index in [1.165, 1.54) is 100 Å². The second kappa shape index (κ2) is 19.7. The maximum atomic E-state index is 4.92. The fourth-order valence-corrected chi connectivity index (χ4v) is 4.77. The summed E-state index contributed by atoms with van der Waals surface area (Å²) in [6, 6.07) is 9.05. The average molecular weight is 507 g/mol. The van der Waals surface area contributed by atoms with Gasteiger partial charge in [0.05, 0.1) is 0 Å². The number of rotatable bonds is 16. The van der Waals surface area contributed by atoms with E-state index in [2.05, 4.69) is 66.6 Å². The molecular formula is C33H54N4. The molecule has 1 aromatic rings. The van der Waals surface area contributed by atoms with Crippen molar-refractivity contribution >= 4 is 5.84 Å². The summed E-state index contributed by atoms with van der Waals surface area (Å²) < 4.78 is 0. The Morgan fingerprint density at radius 1 is 1.00 bits per heavy atom. The maximum absolute atomic E-state index is 4.92. The predicted octanol–water partition coefficient (Wildman–Crippen LogP) is 7.46. The molecule has 0 spiro atoms. The van der Waals surface area contributed by atoms with E-state index in [1.807, 2.05) is 0 Å². The summed E-state index contributed by atoms with van der Waals surface area (Å²) in [6.45, 7) is 11.7. The Morgan fingerprint density at radius 3 is 2.35 bits per heavy atom. The summed E-state index contributed by atoms with van der Waals surface area (Å²) in [5, 5.41) is 7.21. The minimum absolute atomic E-state index is 0.651. The monoisotopic (exact) mass is 506 g/mol. The molecule has 0 saturated carbocycles. The molecule has 1 heterocycles. The third-order valence-electron chi connectivity index (χ3n) is 6.98. The van der Waals surface area contributed by atoms with Crippen LogP contribution in [0.2, 0.25) is 0 Å². The van der Waals surface area contributed by atoms with Crippen LogP contribution < -0.4 is 16.4 Å². The Balaban J connectivity index is 0.00000112. The van der Waals surface area contributed by atoms with Crippen LogP contribution in [0.4, 0.5) is 0 Å². The molecule has 206 valence electrons. The number of hydrogen-bond acceptors (Lipinski definition) is 4. The van der Waals surface area contributed by atoms with Crippen LogP contribution in [0.25, 0.3) is 0 Å². The molecule has 0 amide bonds. The summed E-state index contributed by atoms with van der Waals surface area (Å²) in [6.07, 6.45) is 23.9. The molecule has 4 heteroatoms. The SMILES string of the molecule is C=C(C)N.CCCCCCCCCNCCCc1ccc(C2=NCC(CCC3=CCCC=C3)CN2)cc1. The van der Waals surface area contributed by atoms with Gasteiger partial charge in [0.1, 0.15) is 5.84 Å². The smallest absolute Gasteiger partial charge is 0.128 e. The molecule has 4 N–H and O–H groups in total. The van der Waals surface area contributed by atoms with E-state index in [1.54, 1.807) is 6.92 Å². The molecule has 37 heavy (non-hydrogen) atoms. The Hall–Kier alpha value is -2.33. The highest BCUT2D eigenvalue weighted by Crippen LogP contribution is 2.20. The van der Waals surface area contributed by atoms with Crippen molar-refractivity contribution in [2.75, 3.05) is 26.2 Å². The van der Waals surface area contributed by atoms with Gasteiger partial charge in [0.2, 0.25) is 0 Å². The highest BCUT2D eigenvalue weighted by molar-refractivity contribution is 5.99. The molecule has 1 atom stereocenters. The van der Waals surface area contributed by atoms with Crippen LogP contribution in [0.15, 0.2) is 65.3 Å². The van der Waals surface area contributed by atoms with Gasteiger partial charge in [0, 0.05) is 18.7 Å². The fraction of sp³-hybridized carbons (Fsp3) is 0.606. The minimum Gasteiger partial charge on any atom is -0.403 e. The van der Waals surface area contributed by atoms with Gasteiger partial charge in [0.25, 0.3) is 0 Å². The average Bonchev–Trinajstić information content (AvgIpc) is 2.91. The number of aryl methyl sites for hydroxylation is 1. The predicted molar refractivity (Wildman–Crippen MR) is 163 cm³/mol. The molecule has 3 rings (SSSR count). The summed E-state index contributed by atoms with van der Waals surface area (Å²) in [7, 11) is 0. The van der Waals surface area contributed by atoms with Gasteiger partial charge in [-0.15, -0.1) is 0 Å². The number of amidine groups is 1. The normalized spacial score (nSPS) is 16.8. The molecule has 1 unspecified atom stereocenters. The Morgan fingerprint density at radius 2 is 1.70 bits per heavy atom. The molecule has 1 aliphatic heterocycles. The second-order valence-electron chi connectivity index (χ2n) is 10.8. The molecule has 0 bridgehead atoms. The van der Waals surface area contributed by atoms with Crippen molar-refractivity contribution in [2.45, 2.75) is 97.3 Å². The van der Waals surface area contributed by atoms with E-state index < -0.39 is 0 Å². The van der Waals surface area contributed by atoms with Crippen LogP contribution in [0, 0.1) is 5.92 Å². The zero-order valence-corrected chi connectivity index (χ0v) is 23.9.